The maximum atomic E-state index is 11.6. The predicted octanol–water partition coefficient (Wildman–Crippen LogP) is 2.62. The number of carbonyl (C=O) groups excluding carboxylic acids is 1. The minimum Gasteiger partial charge on any atom is -0.361 e. The molecule has 1 fully saturated rings. The van der Waals surface area contributed by atoms with Gasteiger partial charge >= 0.3 is 0 Å². The minimum atomic E-state index is -0.138. The molecule has 0 aliphatic carbocycles. The second-order valence-corrected chi connectivity index (χ2v) is 4.60. The van der Waals surface area contributed by atoms with Crippen LogP contribution in [0.4, 0.5) is 0 Å². The van der Waals surface area contributed by atoms with Crippen molar-refractivity contribution in [3.63, 3.8) is 0 Å². The maximum absolute atomic E-state index is 11.6. The SMILES string of the molecule is O=C1CO[C@@H](c2ccccc2)[C@H](c2ccccc2)N1. The molecule has 2 aromatic rings. The van der Waals surface area contributed by atoms with Crippen molar-refractivity contribution in [3.8, 4) is 0 Å². The van der Waals surface area contributed by atoms with Gasteiger partial charge in [-0.3, -0.25) is 4.79 Å². The van der Waals surface area contributed by atoms with Gasteiger partial charge < -0.3 is 10.1 Å². The quantitative estimate of drug-likeness (QED) is 0.893. The van der Waals surface area contributed by atoms with Crippen molar-refractivity contribution in [2.24, 2.45) is 0 Å². The summed E-state index contributed by atoms with van der Waals surface area (Å²) >= 11 is 0. The average Bonchev–Trinajstić information content (AvgIpc) is 2.49. The van der Waals surface area contributed by atoms with Crippen molar-refractivity contribution in [3.05, 3.63) is 71.8 Å². The number of benzene rings is 2. The van der Waals surface area contributed by atoms with Crippen molar-refractivity contribution < 1.29 is 9.53 Å². The van der Waals surface area contributed by atoms with Crippen LogP contribution in [-0.4, -0.2) is 12.5 Å². The third-order valence-corrected chi connectivity index (χ3v) is 3.30. The number of rotatable bonds is 2. The smallest absolute Gasteiger partial charge is 0.246 e. The Balaban J connectivity index is 1.95. The summed E-state index contributed by atoms with van der Waals surface area (Å²) in [5.74, 6) is -0.0685. The van der Waals surface area contributed by atoms with Crippen LogP contribution in [0.15, 0.2) is 60.7 Å². The summed E-state index contributed by atoms with van der Waals surface area (Å²) in [6, 6.07) is 19.8. The van der Waals surface area contributed by atoms with Gasteiger partial charge in [-0.15, -0.1) is 0 Å². The Morgan fingerprint density at radius 1 is 0.895 bits per heavy atom. The summed E-state index contributed by atoms with van der Waals surface area (Å²) in [6.07, 6.45) is -0.138. The molecule has 0 spiro atoms. The average molecular weight is 253 g/mol. The largest absolute Gasteiger partial charge is 0.361 e. The highest BCUT2D eigenvalue weighted by atomic mass is 16.5. The predicted molar refractivity (Wildman–Crippen MR) is 72.5 cm³/mol. The highest BCUT2D eigenvalue weighted by molar-refractivity contribution is 5.78. The van der Waals surface area contributed by atoms with E-state index in [1.165, 1.54) is 0 Å². The van der Waals surface area contributed by atoms with Gasteiger partial charge in [0, 0.05) is 0 Å². The number of hydrogen-bond donors (Lipinski definition) is 1. The third kappa shape index (κ3) is 2.51. The van der Waals surface area contributed by atoms with E-state index < -0.39 is 0 Å². The summed E-state index contributed by atoms with van der Waals surface area (Å²) in [5, 5.41) is 3.02. The second kappa shape index (κ2) is 5.24. The zero-order valence-corrected chi connectivity index (χ0v) is 10.5. The van der Waals surface area contributed by atoms with E-state index >= 15 is 0 Å². The molecule has 0 saturated carbocycles. The molecule has 19 heavy (non-hydrogen) atoms. The summed E-state index contributed by atoms with van der Waals surface area (Å²) in [4.78, 5) is 11.6. The van der Waals surface area contributed by atoms with Crippen LogP contribution >= 0.6 is 0 Å². The van der Waals surface area contributed by atoms with Crippen molar-refractivity contribution in [2.45, 2.75) is 12.1 Å². The molecule has 1 aliphatic rings. The molecule has 1 heterocycles. The van der Waals surface area contributed by atoms with Crippen LogP contribution in [0.3, 0.4) is 0 Å². The molecule has 1 aliphatic heterocycles. The van der Waals surface area contributed by atoms with Crippen LogP contribution in [0, 0.1) is 0 Å². The van der Waals surface area contributed by atoms with Crippen LogP contribution in [0.25, 0.3) is 0 Å². The molecule has 2 aromatic carbocycles. The van der Waals surface area contributed by atoms with Gasteiger partial charge in [-0.2, -0.15) is 0 Å². The molecule has 3 nitrogen and oxygen atoms in total. The molecule has 2 atom stereocenters. The van der Waals surface area contributed by atoms with E-state index in [9.17, 15) is 4.79 Å². The van der Waals surface area contributed by atoms with Gasteiger partial charge in [0.05, 0.1) is 6.04 Å². The molecule has 1 amide bonds. The Morgan fingerprint density at radius 2 is 1.47 bits per heavy atom. The standard InChI is InChI=1S/C16H15NO2/c18-14-11-19-16(13-9-5-2-6-10-13)15(17-14)12-7-3-1-4-8-12/h1-10,15-16H,11H2,(H,17,18)/t15-,16-/m0/s1. The van der Waals surface area contributed by atoms with Gasteiger partial charge in [0.1, 0.15) is 12.7 Å². The lowest BCUT2D eigenvalue weighted by atomic mass is 9.94. The zero-order chi connectivity index (χ0) is 13.1. The van der Waals surface area contributed by atoms with Crippen molar-refractivity contribution in [1.29, 1.82) is 0 Å². The lowest BCUT2D eigenvalue weighted by molar-refractivity contribution is -0.137. The summed E-state index contributed by atoms with van der Waals surface area (Å²) in [7, 11) is 0. The first-order valence-corrected chi connectivity index (χ1v) is 6.35. The first-order valence-electron chi connectivity index (χ1n) is 6.35. The molecular formula is C16H15NO2. The topological polar surface area (TPSA) is 38.3 Å². The second-order valence-electron chi connectivity index (χ2n) is 4.60. The molecule has 96 valence electrons. The van der Waals surface area contributed by atoms with E-state index in [0.29, 0.717) is 0 Å². The summed E-state index contributed by atoms with van der Waals surface area (Å²) in [6.45, 7) is 0.114. The van der Waals surface area contributed by atoms with Crippen LogP contribution in [-0.2, 0) is 9.53 Å². The number of ether oxygens (including phenoxy) is 1. The summed E-state index contributed by atoms with van der Waals surface area (Å²) in [5.41, 5.74) is 2.14. The Bertz CT molecular complexity index is 553. The Morgan fingerprint density at radius 3 is 2.11 bits per heavy atom. The van der Waals surface area contributed by atoms with Gasteiger partial charge in [0.25, 0.3) is 0 Å². The van der Waals surface area contributed by atoms with Gasteiger partial charge in [0.15, 0.2) is 0 Å². The number of morpholine rings is 1. The van der Waals surface area contributed by atoms with Crippen LogP contribution < -0.4 is 5.32 Å². The monoisotopic (exact) mass is 253 g/mol. The Labute approximate surface area is 112 Å². The van der Waals surface area contributed by atoms with E-state index in [2.05, 4.69) is 5.32 Å². The molecular weight excluding hydrogens is 238 g/mol. The third-order valence-electron chi connectivity index (χ3n) is 3.30. The van der Waals surface area contributed by atoms with E-state index in [4.69, 9.17) is 4.74 Å². The van der Waals surface area contributed by atoms with E-state index in [-0.39, 0.29) is 24.7 Å². The van der Waals surface area contributed by atoms with Gasteiger partial charge in [-0.25, -0.2) is 0 Å². The first-order chi connectivity index (χ1) is 9.34. The van der Waals surface area contributed by atoms with Crippen molar-refractivity contribution in [2.75, 3.05) is 6.61 Å². The number of amides is 1. The van der Waals surface area contributed by atoms with Crippen LogP contribution in [0.2, 0.25) is 0 Å². The van der Waals surface area contributed by atoms with Crippen LogP contribution in [0.5, 0.6) is 0 Å². The number of carbonyl (C=O) groups is 1. The zero-order valence-electron chi connectivity index (χ0n) is 10.5. The fourth-order valence-electron chi connectivity index (χ4n) is 2.40. The molecule has 0 bridgehead atoms. The molecule has 0 unspecified atom stereocenters. The normalized spacial score (nSPS) is 22.8. The van der Waals surface area contributed by atoms with E-state index in [0.717, 1.165) is 11.1 Å². The van der Waals surface area contributed by atoms with Crippen molar-refractivity contribution in [1.82, 2.24) is 5.32 Å². The number of nitrogens with one attached hydrogen (secondary N) is 1. The van der Waals surface area contributed by atoms with Gasteiger partial charge in [0.2, 0.25) is 5.91 Å². The van der Waals surface area contributed by atoms with Gasteiger partial charge in [-0.05, 0) is 11.1 Å². The van der Waals surface area contributed by atoms with Crippen LogP contribution in [0.1, 0.15) is 23.3 Å². The van der Waals surface area contributed by atoms with Crippen molar-refractivity contribution >= 4 is 5.91 Å². The maximum Gasteiger partial charge on any atom is 0.246 e. The first kappa shape index (κ1) is 11.9. The fourth-order valence-corrected chi connectivity index (χ4v) is 2.40. The molecule has 3 rings (SSSR count). The Hall–Kier alpha value is -2.13. The highest BCUT2D eigenvalue weighted by Crippen LogP contribution is 2.34. The lowest BCUT2D eigenvalue weighted by Gasteiger charge is -2.33. The van der Waals surface area contributed by atoms with E-state index in [1.807, 2.05) is 60.7 Å². The van der Waals surface area contributed by atoms with E-state index in [1.54, 1.807) is 0 Å². The van der Waals surface area contributed by atoms with Gasteiger partial charge in [-0.1, -0.05) is 60.7 Å². The highest BCUT2D eigenvalue weighted by Gasteiger charge is 2.31. The number of hydrogen-bond acceptors (Lipinski definition) is 2. The Kier molecular flexibility index (Phi) is 3.29. The summed E-state index contributed by atoms with van der Waals surface area (Å²) < 4.78 is 5.73. The molecule has 3 heteroatoms. The molecule has 0 radical (unpaired) electrons. The lowest BCUT2D eigenvalue weighted by Crippen LogP contribution is -2.41. The minimum absolute atomic E-state index is 0.0685. The fraction of sp³-hybridized carbons (Fsp3) is 0.188. The molecule has 1 N–H and O–H groups in total. The molecule has 1 saturated heterocycles. The molecule has 0 aromatic heterocycles.